The zero-order valence-electron chi connectivity index (χ0n) is 14.0. The van der Waals surface area contributed by atoms with Crippen LogP contribution >= 0.6 is 0 Å². The zero-order valence-corrected chi connectivity index (χ0v) is 14.0. The molecule has 6 heteroatoms. The van der Waals surface area contributed by atoms with E-state index in [1.54, 1.807) is 25.6 Å². The van der Waals surface area contributed by atoms with Crippen molar-refractivity contribution in [1.29, 1.82) is 0 Å². The second-order valence-corrected chi connectivity index (χ2v) is 5.52. The number of methoxy groups -OCH3 is 1. The van der Waals surface area contributed by atoms with Gasteiger partial charge in [-0.2, -0.15) is 0 Å². The maximum Gasteiger partial charge on any atom is 0.232 e. The standard InChI is InChI=1S/C19H18N4O2/c1-13(15-6-4-8-20-11-15)19(24)23-18-10-17(21-12-22-18)14-5-3-7-16(9-14)25-2/h3-13H,1-2H3,(H,21,22,23,24). The lowest BCUT2D eigenvalue weighted by Crippen LogP contribution is -2.19. The van der Waals surface area contributed by atoms with Crippen LogP contribution in [0.15, 0.2) is 61.2 Å². The van der Waals surface area contributed by atoms with Gasteiger partial charge in [0, 0.05) is 24.0 Å². The molecule has 0 spiro atoms. The molecule has 0 aliphatic carbocycles. The maximum absolute atomic E-state index is 12.4. The second-order valence-electron chi connectivity index (χ2n) is 5.52. The number of carbonyl (C=O) groups excluding carboxylic acids is 1. The Morgan fingerprint density at radius 1 is 1.16 bits per heavy atom. The Morgan fingerprint density at radius 3 is 2.80 bits per heavy atom. The molecular weight excluding hydrogens is 316 g/mol. The van der Waals surface area contributed by atoms with Crippen LogP contribution in [0.3, 0.4) is 0 Å². The molecule has 3 rings (SSSR count). The highest BCUT2D eigenvalue weighted by Crippen LogP contribution is 2.23. The summed E-state index contributed by atoms with van der Waals surface area (Å²) in [6.45, 7) is 1.83. The van der Waals surface area contributed by atoms with E-state index in [1.807, 2.05) is 43.3 Å². The number of anilines is 1. The van der Waals surface area contributed by atoms with E-state index in [1.165, 1.54) is 6.33 Å². The zero-order chi connectivity index (χ0) is 17.6. The van der Waals surface area contributed by atoms with Crippen LogP contribution in [0.2, 0.25) is 0 Å². The van der Waals surface area contributed by atoms with E-state index in [0.717, 1.165) is 16.9 Å². The van der Waals surface area contributed by atoms with Gasteiger partial charge in [-0.3, -0.25) is 9.78 Å². The number of pyridine rings is 1. The van der Waals surface area contributed by atoms with Gasteiger partial charge in [-0.25, -0.2) is 9.97 Å². The highest BCUT2D eigenvalue weighted by atomic mass is 16.5. The minimum absolute atomic E-state index is 0.150. The van der Waals surface area contributed by atoms with Crippen molar-refractivity contribution in [2.24, 2.45) is 0 Å². The van der Waals surface area contributed by atoms with Crippen LogP contribution in [0, 0.1) is 0 Å². The summed E-state index contributed by atoms with van der Waals surface area (Å²) < 4.78 is 5.23. The summed E-state index contributed by atoms with van der Waals surface area (Å²) in [4.78, 5) is 24.9. The number of nitrogens with one attached hydrogen (secondary N) is 1. The van der Waals surface area contributed by atoms with Crippen molar-refractivity contribution in [1.82, 2.24) is 15.0 Å². The largest absolute Gasteiger partial charge is 0.497 e. The molecule has 2 aromatic heterocycles. The van der Waals surface area contributed by atoms with Crippen LogP contribution in [0.5, 0.6) is 5.75 Å². The van der Waals surface area contributed by atoms with Gasteiger partial charge in [-0.05, 0) is 30.7 Å². The summed E-state index contributed by atoms with van der Waals surface area (Å²) in [6.07, 6.45) is 4.80. The molecule has 0 bridgehead atoms. The Labute approximate surface area is 145 Å². The molecule has 0 aliphatic rings. The van der Waals surface area contributed by atoms with Crippen molar-refractivity contribution in [2.45, 2.75) is 12.8 Å². The normalized spacial score (nSPS) is 11.6. The molecule has 2 heterocycles. The molecule has 25 heavy (non-hydrogen) atoms. The molecule has 1 N–H and O–H groups in total. The minimum Gasteiger partial charge on any atom is -0.497 e. The van der Waals surface area contributed by atoms with Crippen LogP contribution in [-0.2, 0) is 4.79 Å². The first-order valence-electron chi connectivity index (χ1n) is 7.84. The number of carbonyl (C=O) groups is 1. The molecule has 0 fully saturated rings. The minimum atomic E-state index is -0.330. The van der Waals surface area contributed by atoms with Gasteiger partial charge in [0.05, 0.1) is 18.7 Å². The molecule has 3 aromatic rings. The van der Waals surface area contributed by atoms with Gasteiger partial charge in [0.25, 0.3) is 0 Å². The van der Waals surface area contributed by atoms with Gasteiger partial charge >= 0.3 is 0 Å². The van der Waals surface area contributed by atoms with Crippen molar-refractivity contribution < 1.29 is 9.53 Å². The van der Waals surface area contributed by atoms with Gasteiger partial charge in [0.15, 0.2) is 0 Å². The van der Waals surface area contributed by atoms with E-state index < -0.39 is 0 Å². The number of ether oxygens (including phenoxy) is 1. The monoisotopic (exact) mass is 334 g/mol. The van der Waals surface area contributed by atoms with Gasteiger partial charge in [0.2, 0.25) is 5.91 Å². The van der Waals surface area contributed by atoms with Crippen molar-refractivity contribution in [3.8, 4) is 17.0 Å². The third-order valence-corrected chi connectivity index (χ3v) is 3.86. The number of hydrogen-bond acceptors (Lipinski definition) is 5. The van der Waals surface area contributed by atoms with Crippen LogP contribution in [-0.4, -0.2) is 28.0 Å². The molecular formula is C19H18N4O2. The first kappa shape index (κ1) is 16.6. The molecule has 6 nitrogen and oxygen atoms in total. The average molecular weight is 334 g/mol. The summed E-state index contributed by atoms with van der Waals surface area (Å²) in [6, 6.07) is 13.0. The van der Waals surface area contributed by atoms with Gasteiger partial charge in [-0.15, -0.1) is 0 Å². The lowest BCUT2D eigenvalue weighted by molar-refractivity contribution is -0.117. The topological polar surface area (TPSA) is 77.0 Å². The van der Waals surface area contributed by atoms with Crippen molar-refractivity contribution >= 4 is 11.7 Å². The molecule has 1 unspecified atom stereocenters. The van der Waals surface area contributed by atoms with Crippen LogP contribution < -0.4 is 10.1 Å². The predicted octanol–water partition coefficient (Wildman–Crippen LogP) is 3.29. The number of hydrogen-bond donors (Lipinski definition) is 1. The molecule has 1 atom stereocenters. The van der Waals surface area contributed by atoms with Crippen LogP contribution in [0.1, 0.15) is 18.4 Å². The van der Waals surface area contributed by atoms with Gasteiger partial charge in [-0.1, -0.05) is 18.2 Å². The SMILES string of the molecule is COc1cccc(-c2cc(NC(=O)C(C)c3cccnc3)ncn2)c1. The van der Waals surface area contributed by atoms with Crippen molar-refractivity contribution in [2.75, 3.05) is 12.4 Å². The smallest absolute Gasteiger partial charge is 0.232 e. The van der Waals surface area contributed by atoms with E-state index in [9.17, 15) is 4.79 Å². The summed E-state index contributed by atoms with van der Waals surface area (Å²) in [5.74, 6) is 0.715. The first-order valence-corrected chi connectivity index (χ1v) is 7.84. The van der Waals surface area contributed by atoms with E-state index in [0.29, 0.717) is 11.5 Å². The molecule has 0 radical (unpaired) electrons. The van der Waals surface area contributed by atoms with Gasteiger partial charge in [0.1, 0.15) is 17.9 Å². The van der Waals surface area contributed by atoms with E-state index >= 15 is 0 Å². The van der Waals surface area contributed by atoms with Crippen LogP contribution in [0.25, 0.3) is 11.3 Å². The Bertz CT molecular complexity index is 868. The summed E-state index contributed by atoms with van der Waals surface area (Å²) in [7, 11) is 1.62. The third-order valence-electron chi connectivity index (χ3n) is 3.86. The summed E-state index contributed by atoms with van der Waals surface area (Å²) in [5.41, 5.74) is 2.44. The molecule has 0 saturated heterocycles. The van der Waals surface area contributed by atoms with Crippen molar-refractivity contribution in [3.05, 3.63) is 66.7 Å². The lowest BCUT2D eigenvalue weighted by atomic mass is 10.0. The Hall–Kier alpha value is -3.28. The highest BCUT2D eigenvalue weighted by Gasteiger charge is 2.16. The third kappa shape index (κ3) is 3.98. The number of aromatic nitrogens is 3. The summed E-state index contributed by atoms with van der Waals surface area (Å²) in [5, 5.41) is 2.83. The van der Waals surface area contributed by atoms with Gasteiger partial charge < -0.3 is 10.1 Å². The molecule has 1 amide bonds. The fraction of sp³-hybridized carbons (Fsp3) is 0.158. The average Bonchev–Trinajstić information content (AvgIpc) is 2.68. The number of benzene rings is 1. The molecule has 126 valence electrons. The predicted molar refractivity (Wildman–Crippen MR) is 95.3 cm³/mol. The van der Waals surface area contributed by atoms with E-state index in [2.05, 4.69) is 20.3 Å². The number of amides is 1. The second kappa shape index (κ2) is 7.53. The quantitative estimate of drug-likeness (QED) is 0.775. The summed E-state index contributed by atoms with van der Waals surface area (Å²) >= 11 is 0. The highest BCUT2D eigenvalue weighted by molar-refractivity contribution is 5.95. The van der Waals surface area contributed by atoms with Crippen molar-refractivity contribution in [3.63, 3.8) is 0 Å². The fourth-order valence-electron chi connectivity index (χ4n) is 2.38. The molecule has 0 aliphatic heterocycles. The maximum atomic E-state index is 12.4. The van der Waals surface area contributed by atoms with E-state index in [-0.39, 0.29) is 11.8 Å². The fourth-order valence-corrected chi connectivity index (χ4v) is 2.38. The van der Waals surface area contributed by atoms with E-state index in [4.69, 9.17) is 4.74 Å². The Kier molecular flexibility index (Phi) is 4.99. The number of rotatable bonds is 5. The number of nitrogens with zero attached hydrogens (tertiary/aromatic N) is 3. The van der Waals surface area contributed by atoms with Crippen LogP contribution in [0.4, 0.5) is 5.82 Å². The Morgan fingerprint density at radius 2 is 2.04 bits per heavy atom. The molecule has 1 aromatic carbocycles. The molecule has 0 saturated carbocycles. The first-order chi connectivity index (χ1) is 12.2. The Balaban J connectivity index is 1.78. The lowest BCUT2D eigenvalue weighted by Gasteiger charge is -2.12.